The molecule has 0 aromatic heterocycles. The van der Waals surface area contributed by atoms with Crippen LogP contribution < -0.4 is 0 Å². The van der Waals surface area contributed by atoms with Crippen molar-refractivity contribution in [2.24, 2.45) is 0 Å². The Labute approximate surface area is 133 Å². The van der Waals surface area contributed by atoms with Crippen LogP contribution in [0.2, 0.25) is 0 Å². The fraction of sp³-hybridized carbons (Fsp3) is 0.154. The lowest BCUT2D eigenvalue weighted by atomic mass is 10.1. The van der Waals surface area contributed by atoms with Crippen LogP contribution in [0.15, 0.2) is 23.1 Å². The number of phenolic OH excluding ortho intramolecular Hbond substituents is 1. The van der Waals surface area contributed by atoms with Gasteiger partial charge in [-0.1, -0.05) is 0 Å². The van der Waals surface area contributed by atoms with Gasteiger partial charge in [0.2, 0.25) is 0 Å². The number of carboxylic acids is 1. The zero-order chi connectivity index (χ0) is 17.1. The molecular formula is C13H10N2O7S. The van der Waals surface area contributed by atoms with Crippen molar-refractivity contribution < 1.29 is 29.5 Å². The zero-order valence-corrected chi connectivity index (χ0v) is 12.3. The Balaban J connectivity index is 2.28. The normalized spacial score (nSPS) is 16.2. The second-order valence-electron chi connectivity index (χ2n) is 4.48. The molecular weight excluding hydrogens is 328 g/mol. The molecule has 0 bridgehead atoms. The number of benzene rings is 1. The number of hydrogen-bond donors (Lipinski definition) is 2. The summed E-state index contributed by atoms with van der Waals surface area (Å²) >= 11 is 0.576. The van der Waals surface area contributed by atoms with Crippen LogP contribution in [0.5, 0.6) is 5.75 Å². The lowest BCUT2D eigenvalue weighted by molar-refractivity contribution is -0.384. The van der Waals surface area contributed by atoms with Crippen LogP contribution in [0.1, 0.15) is 12.0 Å². The molecule has 9 nitrogen and oxygen atoms in total. The molecule has 0 aliphatic carbocycles. The van der Waals surface area contributed by atoms with E-state index in [4.69, 9.17) is 5.11 Å². The number of non-ortho nitro benzene ring substituents is 1. The average Bonchev–Trinajstić information content (AvgIpc) is 2.73. The van der Waals surface area contributed by atoms with Gasteiger partial charge in [-0.25, -0.2) is 0 Å². The van der Waals surface area contributed by atoms with Crippen LogP contribution in [-0.4, -0.2) is 43.7 Å². The Morgan fingerprint density at radius 3 is 2.70 bits per heavy atom. The molecule has 1 aromatic carbocycles. The van der Waals surface area contributed by atoms with Crippen LogP contribution in [0.25, 0.3) is 6.08 Å². The van der Waals surface area contributed by atoms with Gasteiger partial charge in [0.05, 0.1) is 16.2 Å². The Bertz CT molecular complexity index is 744. The van der Waals surface area contributed by atoms with Crippen molar-refractivity contribution in [2.75, 3.05) is 6.54 Å². The van der Waals surface area contributed by atoms with E-state index in [1.807, 2.05) is 0 Å². The lowest BCUT2D eigenvalue weighted by Gasteiger charge is -2.09. The van der Waals surface area contributed by atoms with E-state index in [1.165, 1.54) is 0 Å². The SMILES string of the molecule is O=C(O)CCN1C(=O)S/C(=C\c2cc([N+](=O)[O-])ccc2O)C1=O. The molecule has 1 fully saturated rings. The molecule has 0 atom stereocenters. The first-order valence-electron chi connectivity index (χ1n) is 6.24. The number of rotatable bonds is 5. The Morgan fingerprint density at radius 2 is 2.09 bits per heavy atom. The van der Waals surface area contributed by atoms with Crippen molar-refractivity contribution in [1.82, 2.24) is 4.90 Å². The largest absolute Gasteiger partial charge is 0.507 e. The highest BCUT2D eigenvalue weighted by molar-refractivity contribution is 8.18. The first kappa shape index (κ1) is 16.5. The van der Waals surface area contributed by atoms with E-state index in [9.17, 15) is 29.6 Å². The molecule has 23 heavy (non-hydrogen) atoms. The highest BCUT2D eigenvalue weighted by atomic mass is 32.2. The molecule has 120 valence electrons. The number of carboxylic acid groups (broad SMARTS) is 1. The fourth-order valence-corrected chi connectivity index (χ4v) is 2.67. The molecule has 2 rings (SSSR count). The van der Waals surface area contributed by atoms with Crippen LogP contribution in [0, 0.1) is 10.1 Å². The maximum Gasteiger partial charge on any atom is 0.305 e. The highest BCUT2D eigenvalue weighted by Crippen LogP contribution is 2.34. The summed E-state index contributed by atoms with van der Waals surface area (Å²) in [7, 11) is 0. The van der Waals surface area contributed by atoms with Gasteiger partial charge in [-0.3, -0.25) is 29.4 Å². The van der Waals surface area contributed by atoms with E-state index in [0.29, 0.717) is 11.8 Å². The molecule has 1 aliphatic rings. The summed E-state index contributed by atoms with van der Waals surface area (Å²) in [5, 5.41) is 28.4. The van der Waals surface area contributed by atoms with Crippen molar-refractivity contribution in [2.45, 2.75) is 6.42 Å². The molecule has 1 saturated heterocycles. The predicted molar refractivity (Wildman–Crippen MR) is 79.7 cm³/mol. The van der Waals surface area contributed by atoms with Gasteiger partial charge in [-0.05, 0) is 23.9 Å². The number of hydrogen-bond acceptors (Lipinski definition) is 7. The number of carbonyl (C=O) groups excluding carboxylic acids is 2. The molecule has 0 spiro atoms. The second kappa shape index (κ2) is 6.48. The summed E-state index contributed by atoms with van der Waals surface area (Å²) < 4.78 is 0. The summed E-state index contributed by atoms with van der Waals surface area (Å²) in [6.45, 7) is -0.266. The summed E-state index contributed by atoms with van der Waals surface area (Å²) in [6, 6.07) is 3.28. The Morgan fingerprint density at radius 1 is 1.39 bits per heavy atom. The Hall–Kier alpha value is -2.88. The van der Waals surface area contributed by atoms with Crippen LogP contribution in [0.4, 0.5) is 10.5 Å². The highest BCUT2D eigenvalue weighted by Gasteiger charge is 2.35. The summed E-state index contributed by atoms with van der Waals surface area (Å²) in [6.07, 6.45) is 0.779. The van der Waals surface area contributed by atoms with Gasteiger partial charge in [-0.2, -0.15) is 0 Å². The second-order valence-corrected chi connectivity index (χ2v) is 5.47. The number of carbonyl (C=O) groups is 3. The number of nitrogens with zero attached hydrogens (tertiary/aromatic N) is 2. The van der Waals surface area contributed by atoms with Gasteiger partial charge < -0.3 is 10.2 Å². The number of nitro benzene ring substituents is 1. The van der Waals surface area contributed by atoms with Gasteiger partial charge in [-0.15, -0.1) is 0 Å². The van der Waals surface area contributed by atoms with Crippen molar-refractivity contribution >= 4 is 40.6 Å². The molecule has 1 aromatic rings. The number of phenols is 1. The van der Waals surface area contributed by atoms with Gasteiger partial charge in [0.25, 0.3) is 16.8 Å². The Kier molecular flexibility index (Phi) is 4.65. The minimum absolute atomic E-state index is 0.0166. The zero-order valence-electron chi connectivity index (χ0n) is 11.5. The molecule has 1 heterocycles. The van der Waals surface area contributed by atoms with Crippen LogP contribution in [-0.2, 0) is 9.59 Å². The monoisotopic (exact) mass is 338 g/mol. The third kappa shape index (κ3) is 3.66. The standard InChI is InChI=1S/C13H10N2O7S/c16-9-2-1-8(15(21)22)5-7(9)6-10-12(19)14(13(20)23-10)4-3-11(17)18/h1-2,5-6,16H,3-4H2,(H,17,18)/b10-6-. The van der Waals surface area contributed by atoms with Gasteiger partial charge in [0.1, 0.15) is 5.75 Å². The molecule has 10 heteroatoms. The third-order valence-electron chi connectivity index (χ3n) is 2.93. The number of aromatic hydroxyl groups is 1. The van der Waals surface area contributed by atoms with Gasteiger partial charge in [0.15, 0.2) is 0 Å². The van der Waals surface area contributed by atoms with E-state index in [0.717, 1.165) is 29.2 Å². The minimum atomic E-state index is -1.15. The molecule has 2 amide bonds. The third-order valence-corrected chi connectivity index (χ3v) is 3.84. The van der Waals surface area contributed by atoms with E-state index in [2.05, 4.69) is 0 Å². The maximum absolute atomic E-state index is 12.1. The van der Waals surface area contributed by atoms with E-state index in [1.54, 1.807) is 0 Å². The smallest absolute Gasteiger partial charge is 0.305 e. The van der Waals surface area contributed by atoms with Crippen LogP contribution >= 0.6 is 11.8 Å². The van der Waals surface area contributed by atoms with Crippen molar-refractivity contribution in [3.05, 3.63) is 38.8 Å². The van der Waals surface area contributed by atoms with Crippen molar-refractivity contribution in [1.29, 1.82) is 0 Å². The topological polar surface area (TPSA) is 138 Å². The summed E-state index contributed by atoms with van der Waals surface area (Å²) in [5.41, 5.74) is -0.262. The quantitative estimate of drug-likeness (QED) is 0.471. The molecule has 1 aliphatic heterocycles. The maximum atomic E-state index is 12.1. The minimum Gasteiger partial charge on any atom is -0.507 e. The number of amides is 2. The number of thioether (sulfide) groups is 1. The number of imide groups is 1. The first-order valence-corrected chi connectivity index (χ1v) is 7.06. The molecule has 2 N–H and O–H groups in total. The summed E-state index contributed by atoms with van der Waals surface area (Å²) in [4.78, 5) is 45.1. The molecule has 0 saturated carbocycles. The van der Waals surface area contributed by atoms with E-state index < -0.39 is 22.0 Å². The average molecular weight is 338 g/mol. The molecule has 0 unspecified atom stereocenters. The number of nitro groups is 1. The van der Waals surface area contributed by atoms with Gasteiger partial charge >= 0.3 is 5.97 Å². The van der Waals surface area contributed by atoms with Crippen LogP contribution in [0.3, 0.4) is 0 Å². The lowest BCUT2D eigenvalue weighted by Crippen LogP contribution is -2.30. The van der Waals surface area contributed by atoms with E-state index in [-0.39, 0.29) is 34.9 Å². The van der Waals surface area contributed by atoms with Crippen molar-refractivity contribution in [3.8, 4) is 5.75 Å². The van der Waals surface area contributed by atoms with E-state index >= 15 is 0 Å². The van der Waals surface area contributed by atoms with Gasteiger partial charge in [0, 0.05) is 24.2 Å². The number of aliphatic carboxylic acids is 1. The fourth-order valence-electron chi connectivity index (χ4n) is 1.81. The first-order chi connectivity index (χ1) is 10.8. The predicted octanol–water partition coefficient (Wildman–Crippen LogP) is 1.81. The van der Waals surface area contributed by atoms with Crippen molar-refractivity contribution in [3.63, 3.8) is 0 Å². The summed E-state index contributed by atoms with van der Waals surface area (Å²) in [5.74, 6) is -2.13. The molecule has 0 radical (unpaired) electrons.